The molecule has 7 heteroatoms. The standard InChI is InChI=1S/C16H20FN5O/c1-12-2-4-13(5-3-12)10-19-21-16-18-11-14(17)15(20-16)22-6-8-23-9-7-22/h2,4-5,10-12H,3,6-9H2,1H3,(H,18,20,21)/b19-10+. The van der Waals surface area contributed by atoms with Gasteiger partial charge in [-0.15, -0.1) is 0 Å². The van der Waals surface area contributed by atoms with Gasteiger partial charge in [0.1, 0.15) is 0 Å². The summed E-state index contributed by atoms with van der Waals surface area (Å²) in [7, 11) is 0. The number of halogens is 1. The van der Waals surface area contributed by atoms with Gasteiger partial charge in [0, 0.05) is 13.1 Å². The van der Waals surface area contributed by atoms with Crippen LogP contribution < -0.4 is 10.3 Å². The number of hydrazone groups is 1. The first-order valence-electron chi connectivity index (χ1n) is 7.75. The second-order valence-corrected chi connectivity index (χ2v) is 5.61. The highest BCUT2D eigenvalue weighted by Crippen LogP contribution is 2.18. The van der Waals surface area contributed by atoms with Crippen LogP contribution in [0, 0.1) is 11.7 Å². The normalized spacial score (nSPS) is 21.6. The second-order valence-electron chi connectivity index (χ2n) is 5.61. The van der Waals surface area contributed by atoms with Crippen LogP contribution in [0.1, 0.15) is 13.3 Å². The van der Waals surface area contributed by atoms with Crippen LogP contribution >= 0.6 is 0 Å². The van der Waals surface area contributed by atoms with Crippen molar-refractivity contribution in [2.24, 2.45) is 11.0 Å². The summed E-state index contributed by atoms with van der Waals surface area (Å²) in [6.07, 6.45) is 10.2. The summed E-state index contributed by atoms with van der Waals surface area (Å²) in [4.78, 5) is 9.99. The van der Waals surface area contributed by atoms with Crippen LogP contribution in [0.15, 0.2) is 35.1 Å². The lowest BCUT2D eigenvalue weighted by molar-refractivity contribution is 0.122. The Balaban J connectivity index is 1.65. The van der Waals surface area contributed by atoms with E-state index in [1.54, 1.807) is 6.21 Å². The first-order chi connectivity index (χ1) is 11.2. The molecule has 23 heavy (non-hydrogen) atoms. The highest BCUT2D eigenvalue weighted by molar-refractivity contribution is 5.83. The Morgan fingerprint density at radius 1 is 1.43 bits per heavy atom. The number of ether oxygens (including phenoxy) is 1. The summed E-state index contributed by atoms with van der Waals surface area (Å²) < 4.78 is 19.2. The van der Waals surface area contributed by atoms with Gasteiger partial charge < -0.3 is 9.64 Å². The zero-order valence-electron chi connectivity index (χ0n) is 13.1. The van der Waals surface area contributed by atoms with Crippen LogP contribution in [-0.2, 0) is 4.74 Å². The van der Waals surface area contributed by atoms with Crippen LogP contribution in [0.4, 0.5) is 16.2 Å². The molecule has 0 saturated carbocycles. The van der Waals surface area contributed by atoms with Gasteiger partial charge in [0.05, 0.1) is 25.6 Å². The first-order valence-corrected chi connectivity index (χ1v) is 7.75. The number of hydrogen-bond donors (Lipinski definition) is 1. The van der Waals surface area contributed by atoms with Crippen LogP contribution in [-0.4, -0.2) is 42.5 Å². The van der Waals surface area contributed by atoms with Crippen molar-refractivity contribution in [1.82, 2.24) is 9.97 Å². The average molecular weight is 317 g/mol. The highest BCUT2D eigenvalue weighted by atomic mass is 19.1. The van der Waals surface area contributed by atoms with E-state index < -0.39 is 5.82 Å². The van der Waals surface area contributed by atoms with Crippen molar-refractivity contribution in [3.63, 3.8) is 0 Å². The average Bonchev–Trinajstić information content (AvgIpc) is 2.59. The van der Waals surface area contributed by atoms with Gasteiger partial charge in [-0.3, -0.25) is 0 Å². The van der Waals surface area contributed by atoms with E-state index in [-0.39, 0.29) is 11.8 Å². The lowest BCUT2D eigenvalue weighted by Gasteiger charge is -2.27. The predicted molar refractivity (Wildman–Crippen MR) is 88.1 cm³/mol. The van der Waals surface area contributed by atoms with Crippen molar-refractivity contribution >= 4 is 18.0 Å². The zero-order valence-corrected chi connectivity index (χ0v) is 13.1. The van der Waals surface area contributed by atoms with E-state index in [0.29, 0.717) is 32.2 Å². The maximum Gasteiger partial charge on any atom is 0.245 e. The molecule has 1 atom stereocenters. The molecule has 2 aliphatic rings. The van der Waals surface area contributed by atoms with Gasteiger partial charge in [-0.2, -0.15) is 10.1 Å². The molecule has 0 spiro atoms. The Morgan fingerprint density at radius 3 is 3.00 bits per heavy atom. The molecule has 1 aromatic rings. The fourth-order valence-electron chi connectivity index (χ4n) is 2.41. The minimum absolute atomic E-state index is 0.276. The Morgan fingerprint density at radius 2 is 2.26 bits per heavy atom. The molecule has 0 aromatic carbocycles. The monoisotopic (exact) mass is 317 g/mol. The fraction of sp³-hybridized carbons (Fsp3) is 0.438. The van der Waals surface area contributed by atoms with Crippen molar-refractivity contribution < 1.29 is 9.13 Å². The SMILES string of the molecule is CC1C=CC(/C=N/Nc2ncc(F)c(N3CCOCC3)n2)=CC1. The minimum atomic E-state index is -0.437. The number of nitrogens with one attached hydrogen (secondary N) is 1. The molecule has 1 aromatic heterocycles. The van der Waals surface area contributed by atoms with Crippen LogP contribution in [0.5, 0.6) is 0 Å². The number of allylic oxidation sites excluding steroid dienone is 4. The summed E-state index contributed by atoms with van der Waals surface area (Å²) in [5, 5.41) is 4.12. The lowest BCUT2D eigenvalue weighted by atomic mass is 9.99. The second kappa shape index (κ2) is 7.32. The Labute approximate surface area is 134 Å². The molecule has 0 radical (unpaired) electrons. The number of aromatic nitrogens is 2. The van der Waals surface area contributed by atoms with Crippen molar-refractivity contribution in [1.29, 1.82) is 0 Å². The molecule has 1 unspecified atom stereocenters. The summed E-state index contributed by atoms with van der Waals surface area (Å²) in [5.74, 6) is 0.689. The predicted octanol–water partition coefficient (Wildman–Crippen LogP) is 2.37. The van der Waals surface area contributed by atoms with Gasteiger partial charge in [0.2, 0.25) is 5.95 Å². The van der Waals surface area contributed by atoms with E-state index in [2.05, 4.69) is 39.6 Å². The van der Waals surface area contributed by atoms with E-state index in [0.717, 1.165) is 18.2 Å². The Kier molecular flexibility index (Phi) is 4.97. The molecule has 0 bridgehead atoms. The third-order valence-corrected chi connectivity index (χ3v) is 3.76. The third-order valence-electron chi connectivity index (χ3n) is 3.76. The van der Waals surface area contributed by atoms with E-state index in [1.165, 1.54) is 0 Å². The molecule has 1 aliphatic carbocycles. The summed E-state index contributed by atoms with van der Waals surface area (Å²) in [5.41, 5.74) is 3.79. The first kappa shape index (κ1) is 15.6. The maximum absolute atomic E-state index is 13.9. The molecule has 6 nitrogen and oxygen atoms in total. The summed E-state index contributed by atoms with van der Waals surface area (Å²) in [6.45, 7) is 4.55. The summed E-state index contributed by atoms with van der Waals surface area (Å²) >= 11 is 0. The zero-order chi connectivity index (χ0) is 16.1. The number of rotatable bonds is 4. The lowest BCUT2D eigenvalue weighted by Crippen LogP contribution is -2.37. The van der Waals surface area contributed by atoms with Crippen LogP contribution in [0.3, 0.4) is 0 Å². The van der Waals surface area contributed by atoms with Gasteiger partial charge >= 0.3 is 0 Å². The Hall–Kier alpha value is -2.28. The topological polar surface area (TPSA) is 62.6 Å². The van der Waals surface area contributed by atoms with Crippen molar-refractivity contribution in [2.45, 2.75) is 13.3 Å². The number of anilines is 2. The van der Waals surface area contributed by atoms with Gasteiger partial charge in [-0.1, -0.05) is 25.2 Å². The van der Waals surface area contributed by atoms with Gasteiger partial charge in [-0.05, 0) is 17.9 Å². The van der Waals surface area contributed by atoms with E-state index in [9.17, 15) is 4.39 Å². The number of hydrogen-bond acceptors (Lipinski definition) is 6. The van der Waals surface area contributed by atoms with Crippen LogP contribution in [0.25, 0.3) is 0 Å². The smallest absolute Gasteiger partial charge is 0.245 e. The fourth-order valence-corrected chi connectivity index (χ4v) is 2.41. The number of nitrogens with zero attached hydrogens (tertiary/aromatic N) is 4. The molecule has 1 aliphatic heterocycles. The third kappa shape index (κ3) is 4.13. The molecule has 3 rings (SSSR count). The van der Waals surface area contributed by atoms with E-state index in [1.807, 2.05) is 11.0 Å². The van der Waals surface area contributed by atoms with Crippen molar-refractivity contribution in [2.75, 3.05) is 36.6 Å². The largest absolute Gasteiger partial charge is 0.378 e. The van der Waals surface area contributed by atoms with Gasteiger partial charge in [0.15, 0.2) is 11.6 Å². The van der Waals surface area contributed by atoms with Crippen LogP contribution in [0.2, 0.25) is 0 Å². The molecular formula is C16H20FN5O. The van der Waals surface area contributed by atoms with E-state index >= 15 is 0 Å². The number of morpholine rings is 1. The molecule has 0 amide bonds. The summed E-state index contributed by atoms with van der Waals surface area (Å²) in [6, 6.07) is 0. The van der Waals surface area contributed by atoms with E-state index in [4.69, 9.17) is 4.74 Å². The minimum Gasteiger partial charge on any atom is -0.378 e. The molecule has 1 N–H and O–H groups in total. The van der Waals surface area contributed by atoms with Gasteiger partial charge in [-0.25, -0.2) is 14.8 Å². The van der Waals surface area contributed by atoms with Crippen molar-refractivity contribution in [3.8, 4) is 0 Å². The maximum atomic E-state index is 13.9. The molecule has 2 heterocycles. The highest BCUT2D eigenvalue weighted by Gasteiger charge is 2.17. The quantitative estimate of drug-likeness (QED) is 0.682. The molecular weight excluding hydrogens is 297 g/mol. The molecule has 1 saturated heterocycles. The molecule has 122 valence electrons. The van der Waals surface area contributed by atoms with Gasteiger partial charge in [0.25, 0.3) is 0 Å². The molecule has 1 fully saturated rings. The van der Waals surface area contributed by atoms with Crippen molar-refractivity contribution in [3.05, 3.63) is 35.8 Å². The Bertz CT molecular complexity index is 637.